The minimum absolute atomic E-state index is 0.00983. The van der Waals surface area contributed by atoms with Crippen LogP contribution < -0.4 is 0 Å². The summed E-state index contributed by atoms with van der Waals surface area (Å²) >= 11 is 0. The van der Waals surface area contributed by atoms with Crippen molar-refractivity contribution in [3.05, 3.63) is 69.9 Å². The average molecular weight is 339 g/mol. The number of ether oxygens (including phenoxy) is 1. The number of rotatable bonds is 4. The van der Waals surface area contributed by atoms with E-state index < -0.39 is 16.8 Å². The maximum absolute atomic E-state index is 12.8. The molecule has 8 heteroatoms. The van der Waals surface area contributed by atoms with Crippen molar-refractivity contribution in [2.75, 3.05) is 6.61 Å². The van der Waals surface area contributed by atoms with E-state index >= 15 is 0 Å². The van der Waals surface area contributed by atoms with E-state index in [0.29, 0.717) is 10.9 Å². The lowest BCUT2D eigenvalue weighted by atomic mass is 10.1. The molecule has 0 unspecified atom stereocenters. The summed E-state index contributed by atoms with van der Waals surface area (Å²) in [5.41, 5.74) is -0.0842. The number of aromatic nitrogens is 2. The Hall–Kier alpha value is -3.55. The van der Waals surface area contributed by atoms with Crippen LogP contribution in [-0.2, 0) is 4.74 Å². The van der Waals surface area contributed by atoms with Gasteiger partial charge in [0.15, 0.2) is 5.69 Å². The van der Waals surface area contributed by atoms with Gasteiger partial charge in [-0.05, 0) is 19.1 Å². The first-order chi connectivity index (χ1) is 12.0. The van der Waals surface area contributed by atoms with E-state index in [1.807, 2.05) is 0 Å². The number of fused-ring (bicyclic) bond motifs is 1. The highest BCUT2D eigenvalue weighted by atomic mass is 16.6. The summed E-state index contributed by atoms with van der Waals surface area (Å²) < 4.78 is 5.95. The summed E-state index contributed by atoms with van der Waals surface area (Å²) in [5, 5.41) is 15.7. The smallest absolute Gasteiger partial charge is 0.359 e. The Morgan fingerprint density at radius 2 is 1.84 bits per heavy atom. The van der Waals surface area contributed by atoms with Gasteiger partial charge in [-0.15, -0.1) is 0 Å². The van der Waals surface area contributed by atoms with Gasteiger partial charge in [-0.3, -0.25) is 14.9 Å². The number of nitro benzene ring substituents is 1. The molecule has 0 saturated heterocycles. The standard InChI is InChI=1S/C17H13N3O5/c1-2-25-17(22)15-11-7-3-5-9-13(11)19(18-15)16(21)12-8-4-6-10-14(12)20(23)24/h3-10H,2H2,1H3. The molecule has 8 nitrogen and oxygen atoms in total. The zero-order valence-electron chi connectivity index (χ0n) is 13.2. The number of para-hydroxylation sites is 2. The van der Waals surface area contributed by atoms with E-state index in [-0.39, 0.29) is 23.6 Å². The quantitative estimate of drug-likeness (QED) is 0.411. The fourth-order valence-electron chi connectivity index (χ4n) is 2.50. The van der Waals surface area contributed by atoms with Crippen LogP contribution in [0.1, 0.15) is 27.8 Å². The molecular formula is C17H13N3O5. The van der Waals surface area contributed by atoms with Crippen molar-refractivity contribution in [3.8, 4) is 0 Å². The Kier molecular flexibility index (Phi) is 4.25. The highest BCUT2D eigenvalue weighted by molar-refractivity contribution is 6.08. The second kappa shape index (κ2) is 6.52. The maximum atomic E-state index is 12.8. The Bertz CT molecular complexity index is 993. The normalized spacial score (nSPS) is 10.6. The molecule has 0 aliphatic rings. The van der Waals surface area contributed by atoms with Gasteiger partial charge in [0.1, 0.15) is 5.56 Å². The number of nitro groups is 1. The Morgan fingerprint density at radius 1 is 1.16 bits per heavy atom. The van der Waals surface area contributed by atoms with E-state index in [1.165, 1.54) is 24.3 Å². The molecular weight excluding hydrogens is 326 g/mol. The topological polar surface area (TPSA) is 104 Å². The second-order valence-electron chi connectivity index (χ2n) is 5.08. The number of hydrogen-bond donors (Lipinski definition) is 0. The lowest BCUT2D eigenvalue weighted by Gasteiger charge is -2.03. The van der Waals surface area contributed by atoms with Crippen LogP contribution in [0.2, 0.25) is 0 Å². The van der Waals surface area contributed by atoms with E-state index in [4.69, 9.17) is 4.74 Å². The van der Waals surface area contributed by atoms with Gasteiger partial charge in [0.05, 0.1) is 17.0 Å². The van der Waals surface area contributed by atoms with Crippen LogP contribution in [0.4, 0.5) is 5.69 Å². The third kappa shape index (κ3) is 2.85. The van der Waals surface area contributed by atoms with Gasteiger partial charge in [0.25, 0.3) is 11.6 Å². The molecule has 2 aromatic carbocycles. The molecule has 0 N–H and O–H groups in total. The second-order valence-corrected chi connectivity index (χ2v) is 5.08. The van der Waals surface area contributed by atoms with Crippen molar-refractivity contribution in [1.82, 2.24) is 9.78 Å². The summed E-state index contributed by atoms with van der Waals surface area (Å²) in [5.74, 6) is -1.35. The van der Waals surface area contributed by atoms with Crippen molar-refractivity contribution in [3.63, 3.8) is 0 Å². The number of hydrogen-bond acceptors (Lipinski definition) is 6. The monoisotopic (exact) mass is 339 g/mol. The molecule has 126 valence electrons. The van der Waals surface area contributed by atoms with Crippen LogP contribution in [0, 0.1) is 10.1 Å². The van der Waals surface area contributed by atoms with E-state index in [0.717, 1.165) is 4.68 Å². The summed E-state index contributed by atoms with van der Waals surface area (Å²) in [4.78, 5) is 35.4. The van der Waals surface area contributed by atoms with Crippen molar-refractivity contribution in [2.24, 2.45) is 0 Å². The zero-order chi connectivity index (χ0) is 18.0. The summed E-state index contributed by atoms with van der Waals surface area (Å²) in [6.07, 6.45) is 0. The van der Waals surface area contributed by atoms with Crippen LogP contribution in [0.3, 0.4) is 0 Å². The van der Waals surface area contributed by atoms with Crippen LogP contribution in [0.5, 0.6) is 0 Å². The lowest BCUT2D eigenvalue weighted by molar-refractivity contribution is -0.385. The summed E-state index contributed by atoms with van der Waals surface area (Å²) in [7, 11) is 0. The maximum Gasteiger partial charge on any atom is 0.359 e. The molecule has 0 aliphatic heterocycles. The predicted molar refractivity (Wildman–Crippen MR) is 88.5 cm³/mol. The van der Waals surface area contributed by atoms with Crippen molar-refractivity contribution in [2.45, 2.75) is 6.92 Å². The molecule has 3 aromatic rings. The molecule has 25 heavy (non-hydrogen) atoms. The summed E-state index contributed by atoms with van der Waals surface area (Å²) in [6, 6.07) is 12.2. The molecule has 0 bridgehead atoms. The molecule has 0 saturated carbocycles. The first kappa shape index (κ1) is 16.3. The zero-order valence-corrected chi connectivity index (χ0v) is 13.2. The van der Waals surface area contributed by atoms with Crippen LogP contribution in [0.25, 0.3) is 10.9 Å². The van der Waals surface area contributed by atoms with Gasteiger partial charge >= 0.3 is 5.97 Å². The fraction of sp³-hybridized carbons (Fsp3) is 0.118. The van der Waals surface area contributed by atoms with Crippen LogP contribution in [-0.4, -0.2) is 33.2 Å². The first-order valence-corrected chi connectivity index (χ1v) is 7.47. The van der Waals surface area contributed by atoms with Crippen LogP contribution in [0.15, 0.2) is 48.5 Å². The minimum Gasteiger partial charge on any atom is -0.461 e. The molecule has 0 radical (unpaired) electrons. The van der Waals surface area contributed by atoms with E-state index in [9.17, 15) is 19.7 Å². The molecule has 1 heterocycles. The fourth-order valence-corrected chi connectivity index (χ4v) is 2.50. The van der Waals surface area contributed by atoms with Crippen molar-refractivity contribution in [1.29, 1.82) is 0 Å². The molecule has 0 aliphatic carbocycles. The minimum atomic E-state index is -0.695. The van der Waals surface area contributed by atoms with Gasteiger partial charge in [-0.1, -0.05) is 30.3 Å². The number of carbonyl (C=O) groups is 2. The van der Waals surface area contributed by atoms with Crippen molar-refractivity contribution < 1.29 is 19.2 Å². The molecule has 0 fully saturated rings. The van der Waals surface area contributed by atoms with Gasteiger partial charge in [0, 0.05) is 11.5 Å². The third-order valence-electron chi connectivity index (χ3n) is 3.58. The SMILES string of the molecule is CCOC(=O)c1nn(C(=O)c2ccccc2[N+](=O)[O-])c2ccccc12. The highest BCUT2D eigenvalue weighted by Gasteiger charge is 2.26. The third-order valence-corrected chi connectivity index (χ3v) is 3.58. The van der Waals surface area contributed by atoms with Gasteiger partial charge in [-0.2, -0.15) is 9.78 Å². The van der Waals surface area contributed by atoms with Gasteiger partial charge in [0.2, 0.25) is 0 Å². The van der Waals surface area contributed by atoms with Gasteiger partial charge < -0.3 is 4.74 Å². The molecule has 0 amide bonds. The van der Waals surface area contributed by atoms with Gasteiger partial charge in [-0.25, -0.2) is 4.79 Å². The average Bonchev–Trinajstić information content (AvgIpc) is 3.01. The first-order valence-electron chi connectivity index (χ1n) is 7.47. The molecule has 0 atom stereocenters. The molecule has 1 aromatic heterocycles. The predicted octanol–water partition coefficient (Wildman–Crippen LogP) is 2.81. The molecule has 3 rings (SSSR count). The number of benzene rings is 2. The number of esters is 1. The Labute approximate surface area is 141 Å². The van der Waals surface area contributed by atoms with Crippen LogP contribution >= 0.6 is 0 Å². The highest BCUT2D eigenvalue weighted by Crippen LogP contribution is 2.23. The van der Waals surface area contributed by atoms with Crippen molar-refractivity contribution >= 4 is 28.5 Å². The largest absolute Gasteiger partial charge is 0.461 e. The Balaban J connectivity index is 2.18. The van der Waals surface area contributed by atoms with E-state index in [1.54, 1.807) is 31.2 Å². The molecule has 0 spiro atoms. The number of nitrogens with zero attached hydrogens (tertiary/aromatic N) is 3. The van der Waals surface area contributed by atoms with E-state index in [2.05, 4.69) is 5.10 Å². The number of carbonyl (C=O) groups excluding carboxylic acids is 2. The Morgan fingerprint density at radius 3 is 2.56 bits per heavy atom. The summed E-state index contributed by atoms with van der Waals surface area (Å²) in [6.45, 7) is 1.83. The lowest BCUT2D eigenvalue weighted by Crippen LogP contribution is -2.16.